The molecule has 3 rings (SSSR count). The zero-order chi connectivity index (χ0) is 10.3. The molecule has 1 amide bonds. The second-order valence-electron chi connectivity index (χ2n) is 3.99. The lowest BCUT2D eigenvalue weighted by Crippen LogP contribution is -2.54. The minimum Gasteiger partial charge on any atom is -0.353 e. The van der Waals surface area contributed by atoms with Crippen molar-refractivity contribution in [2.24, 2.45) is 0 Å². The molecule has 5 heteroatoms. The van der Waals surface area contributed by atoms with E-state index in [4.69, 9.17) is 0 Å². The standard InChI is InChI=1S/C10H12N4O/c15-9-10(3-5-11-6-10)14-8-7(13-9)2-1-4-12-8/h1-2,4,11H,3,5-6H2,(H,12,14)(H,13,15). The number of nitrogens with zero attached hydrogens (tertiary/aromatic N) is 1. The maximum Gasteiger partial charge on any atom is 0.251 e. The predicted molar refractivity (Wildman–Crippen MR) is 56.7 cm³/mol. The Bertz CT molecular complexity index is 412. The van der Waals surface area contributed by atoms with Crippen LogP contribution in [0.25, 0.3) is 0 Å². The lowest BCUT2D eigenvalue weighted by Gasteiger charge is -2.33. The summed E-state index contributed by atoms with van der Waals surface area (Å²) in [6.07, 6.45) is 2.52. The highest BCUT2D eigenvalue weighted by molar-refractivity contribution is 6.05. The summed E-state index contributed by atoms with van der Waals surface area (Å²) in [5.74, 6) is 0.800. The molecule has 1 aromatic heterocycles. The molecule has 15 heavy (non-hydrogen) atoms. The van der Waals surface area contributed by atoms with Gasteiger partial charge in [0, 0.05) is 12.7 Å². The molecule has 2 aliphatic heterocycles. The van der Waals surface area contributed by atoms with Crippen LogP contribution < -0.4 is 16.0 Å². The van der Waals surface area contributed by atoms with Crippen molar-refractivity contribution in [1.29, 1.82) is 0 Å². The zero-order valence-corrected chi connectivity index (χ0v) is 8.21. The zero-order valence-electron chi connectivity index (χ0n) is 8.21. The highest BCUT2D eigenvalue weighted by Crippen LogP contribution is 2.31. The van der Waals surface area contributed by atoms with E-state index in [0.29, 0.717) is 6.54 Å². The van der Waals surface area contributed by atoms with E-state index >= 15 is 0 Å². The molecular weight excluding hydrogens is 192 g/mol. The topological polar surface area (TPSA) is 66.0 Å². The Kier molecular flexibility index (Phi) is 1.70. The first-order chi connectivity index (χ1) is 7.30. The minimum atomic E-state index is -0.499. The molecule has 0 bridgehead atoms. The van der Waals surface area contributed by atoms with Crippen LogP contribution in [0.1, 0.15) is 6.42 Å². The molecule has 0 saturated carbocycles. The quantitative estimate of drug-likeness (QED) is 0.564. The summed E-state index contributed by atoms with van der Waals surface area (Å²) in [7, 11) is 0. The fourth-order valence-electron chi connectivity index (χ4n) is 2.12. The summed E-state index contributed by atoms with van der Waals surface area (Å²) in [5.41, 5.74) is 0.265. The van der Waals surface area contributed by atoms with Crippen LogP contribution in [0.4, 0.5) is 11.5 Å². The van der Waals surface area contributed by atoms with E-state index in [-0.39, 0.29) is 5.91 Å². The number of aromatic nitrogens is 1. The van der Waals surface area contributed by atoms with Crippen LogP contribution in [0.15, 0.2) is 18.3 Å². The number of nitrogens with one attached hydrogen (secondary N) is 3. The van der Waals surface area contributed by atoms with Crippen molar-refractivity contribution in [2.45, 2.75) is 12.0 Å². The largest absolute Gasteiger partial charge is 0.353 e. The van der Waals surface area contributed by atoms with E-state index in [0.717, 1.165) is 24.5 Å². The van der Waals surface area contributed by atoms with Gasteiger partial charge in [0.2, 0.25) is 0 Å². The minimum absolute atomic E-state index is 0.0352. The van der Waals surface area contributed by atoms with Crippen molar-refractivity contribution < 1.29 is 4.79 Å². The monoisotopic (exact) mass is 204 g/mol. The van der Waals surface area contributed by atoms with E-state index < -0.39 is 5.54 Å². The molecule has 1 saturated heterocycles. The van der Waals surface area contributed by atoms with E-state index in [1.54, 1.807) is 6.20 Å². The fourth-order valence-corrected chi connectivity index (χ4v) is 2.12. The van der Waals surface area contributed by atoms with Crippen LogP contribution in [-0.4, -0.2) is 29.5 Å². The Morgan fingerprint density at radius 2 is 2.40 bits per heavy atom. The van der Waals surface area contributed by atoms with E-state index in [2.05, 4.69) is 20.9 Å². The number of pyridine rings is 1. The summed E-state index contributed by atoms with van der Waals surface area (Å²) in [5, 5.41) is 9.32. The number of hydrogen-bond donors (Lipinski definition) is 3. The van der Waals surface area contributed by atoms with Gasteiger partial charge in [0.15, 0.2) is 5.82 Å². The van der Waals surface area contributed by atoms with Gasteiger partial charge in [-0.1, -0.05) is 0 Å². The van der Waals surface area contributed by atoms with Gasteiger partial charge in [-0.2, -0.15) is 0 Å². The lowest BCUT2D eigenvalue weighted by molar-refractivity contribution is -0.120. The molecule has 2 aliphatic rings. The van der Waals surface area contributed by atoms with Crippen molar-refractivity contribution >= 4 is 17.4 Å². The Labute approximate surface area is 87.3 Å². The first kappa shape index (κ1) is 8.67. The molecule has 3 heterocycles. The number of amides is 1. The van der Waals surface area contributed by atoms with Gasteiger partial charge < -0.3 is 16.0 Å². The van der Waals surface area contributed by atoms with Crippen LogP contribution >= 0.6 is 0 Å². The molecule has 78 valence electrons. The molecule has 0 aliphatic carbocycles. The van der Waals surface area contributed by atoms with Crippen LogP contribution in [0.2, 0.25) is 0 Å². The maximum absolute atomic E-state index is 11.9. The van der Waals surface area contributed by atoms with Gasteiger partial charge in [-0.15, -0.1) is 0 Å². The SMILES string of the molecule is O=C1Nc2cccnc2NC12CCNC2. The lowest BCUT2D eigenvalue weighted by atomic mass is 9.95. The Morgan fingerprint density at radius 3 is 3.20 bits per heavy atom. The van der Waals surface area contributed by atoms with Crippen molar-refractivity contribution in [3.05, 3.63) is 18.3 Å². The second kappa shape index (κ2) is 2.93. The molecule has 1 unspecified atom stereocenters. The number of hydrogen-bond acceptors (Lipinski definition) is 4. The van der Waals surface area contributed by atoms with Crippen LogP contribution in [0.5, 0.6) is 0 Å². The molecular formula is C10H12N4O. The molecule has 1 spiro atoms. The number of rotatable bonds is 0. The van der Waals surface area contributed by atoms with E-state index in [1.807, 2.05) is 12.1 Å². The number of fused-ring (bicyclic) bond motifs is 1. The fraction of sp³-hybridized carbons (Fsp3) is 0.400. The molecule has 1 aromatic rings. The third-order valence-corrected chi connectivity index (χ3v) is 3.00. The maximum atomic E-state index is 11.9. The van der Waals surface area contributed by atoms with E-state index in [9.17, 15) is 4.79 Å². The predicted octanol–water partition coefficient (Wildman–Crippen LogP) is 0.178. The molecule has 1 atom stereocenters. The van der Waals surface area contributed by atoms with Gasteiger partial charge in [-0.3, -0.25) is 4.79 Å². The van der Waals surface area contributed by atoms with Crippen LogP contribution in [-0.2, 0) is 4.79 Å². The van der Waals surface area contributed by atoms with Crippen LogP contribution in [0.3, 0.4) is 0 Å². The first-order valence-electron chi connectivity index (χ1n) is 5.06. The summed E-state index contributed by atoms with van der Waals surface area (Å²) in [4.78, 5) is 16.2. The van der Waals surface area contributed by atoms with E-state index in [1.165, 1.54) is 0 Å². The molecule has 0 radical (unpaired) electrons. The summed E-state index contributed by atoms with van der Waals surface area (Å²) in [6, 6.07) is 3.66. The molecule has 5 nitrogen and oxygen atoms in total. The van der Waals surface area contributed by atoms with Gasteiger partial charge in [-0.25, -0.2) is 4.98 Å². The highest BCUT2D eigenvalue weighted by atomic mass is 16.2. The Hall–Kier alpha value is -1.62. The van der Waals surface area contributed by atoms with Gasteiger partial charge in [-0.05, 0) is 25.1 Å². The average molecular weight is 204 g/mol. The first-order valence-corrected chi connectivity index (χ1v) is 5.06. The van der Waals surface area contributed by atoms with Gasteiger partial charge in [0.05, 0.1) is 5.69 Å². The van der Waals surface area contributed by atoms with Gasteiger partial charge in [0.1, 0.15) is 5.54 Å². The van der Waals surface area contributed by atoms with Gasteiger partial charge >= 0.3 is 0 Å². The normalized spacial score (nSPS) is 28.4. The Balaban J connectivity index is 2.02. The Morgan fingerprint density at radius 1 is 1.47 bits per heavy atom. The van der Waals surface area contributed by atoms with Gasteiger partial charge in [0.25, 0.3) is 5.91 Å². The van der Waals surface area contributed by atoms with Crippen LogP contribution in [0, 0.1) is 0 Å². The summed E-state index contributed by atoms with van der Waals surface area (Å²) in [6.45, 7) is 1.53. The van der Waals surface area contributed by atoms with Crippen molar-refractivity contribution in [3.8, 4) is 0 Å². The third-order valence-electron chi connectivity index (χ3n) is 3.00. The van der Waals surface area contributed by atoms with Crippen molar-refractivity contribution in [1.82, 2.24) is 10.3 Å². The number of anilines is 2. The third kappa shape index (κ3) is 1.20. The summed E-state index contributed by atoms with van der Waals surface area (Å²) >= 11 is 0. The number of carbonyl (C=O) groups is 1. The van der Waals surface area contributed by atoms with Crippen molar-refractivity contribution in [2.75, 3.05) is 23.7 Å². The smallest absolute Gasteiger partial charge is 0.251 e. The summed E-state index contributed by atoms with van der Waals surface area (Å²) < 4.78 is 0. The highest BCUT2D eigenvalue weighted by Gasteiger charge is 2.44. The molecule has 1 fully saturated rings. The average Bonchev–Trinajstić information content (AvgIpc) is 2.70. The molecule has 0 aromatic carbocycles. The number of carbonyl (C=O) groups excluding carboxylic acids is 1. The van der Waals surface area contributed by atoms with Crippen molar-refractivity contribution in [3.63, 3.8) is 0 Å². The second-order valence-corrected chi connectivity index (χ2v) is 3.99. The molecule has 3 N–H and O–H groups in total.